The molecule has 2 atom stereocenters. The lowest BCUT2D eigenvalue weighted by atomic mass is 9.66. The maximum atomic E-state index is 14.5. The van der Waals surface area contributed by atoms with E-state index in [9.17, 15) is 8.78 Å². The summed E-state index contributed by atoms with van der Waals surface area (Å²) in [6, 6.07) is 11.6. The molecule has 1 aromatic carbocycles. The van der Waals surface area contributed by atoms with E-state index < -0.39 is 17.0 Å². The summed E-state index contributed by atoms with van der Waals surface area (Å²) in [7, 11) is 0. The Hall–Kier alpha value is -3.99. The quantitative estimate of drug-likeness (QED) is 0.258. The second kappa shape index (κ2) is 8.55. The highest BCUT2D eigenvalue weighted by Crippen LogP contribution is 2.69. The van der Waals surface area contributed by atoms with Crippen LogP contribution in [0.3, 0.4) is 0 Å². The number of aromatic nitrogens is 6. The van der Waals surface area contributed by atoms with Crippen molar-refractivity contribution in [3.05, 3.63) is 83.2 Å². The molecule has 0 radical (unpaired) electrons. The minimum Gasteiger partial charge on any atom is -0.233 e. The molecule has 1 saturated carbocycles. The van der Waals surface area contributed by atoms with Gasteiger partial charge >= 0.3 is 0 Å². The molecule has 0 N–H and O–H groups in total. The Bertz CT molecular complexity index is 1530. The number of unbranched alkanes of at least 4 members (excludes halogenated alkanes) is 1. The molecule has 4 aromatic rings. The van der Waals surface area contributed by atoms with Crippen LogP contribution in [0.25, 0.3) is 17.1 Å². The summed E-state index contributed by atoms with van der Waals surface area (Å²) in [6.45, 7) is 4.45. The first-order valence-electron chi connectivity index (χ1n) is 12.5. The van der Waals surface area contributed by atoms with Crippen molar-refractivity contribution in [2.45, 2.75) is 57.3 Å². The molecule has 6 rings (SSSR count). The maximum Gasteiger partial charge on any atom is 0.155 e. The van der Waals surface area contributed by atoms with Gasteiger partial charge in [0.2, 0.25) is 0 Å². The van der Waals surface area contributed by atoms with Crippen LogP contribution in [0, 0.1) is 29.4 Å². The molecule has 6 nitrogen and oxygen atoms in total. The Morgan fingerprint density at radius 2 is 1.89 bits per heavy atom. The fraction of sp³-hybridized carbons (Fsp3) is 0.345. The predicted molar refractivity (Wildman–Crippen MR) is 135 cm³/mol. The third kappa shape index (κ3) is 3.41. The van der Waals surface area contributed by atoms with Crippen LogP contribution in [0.5, 0.6) is 0 Å². The first-order valence-corrected chi connectivity index (χ1v) is 12.5. The highest BCUT2D eigenvalue weighted by Gasteiger charge is 2.65. The van der Waals surface area contributed by atoms with Gasteiger partial charge in [0, 0.05) is 12.8 Å². The van der Waals surface area contributed by atoms with Crippen molar-refractivity contribution >= 4 is 0 Å². The molecule has 0 saturated heterocycles. The van der Waals surface area contributed by atoms with Crippen LogP contribution in [0.15, 0.2) is 48.8 Å². The molecule has 2 bridgehead atoms. The van der Waals surface area contributed by atoms with E-state index in [0.717, 1.165) is 42.0 Å². The summed E-state index contributed by atoms with van der Waals surface area (Å²) >= 11 is 0. The lowest BCUT2D eigenvalue weighted by Crippen LogP contribution is -2.38. The van der Waals surface area contributed by atoms with E-state index in [1.165, 1.54) is 18.2 Å². The van der Waals surface area contributed by atoms with Gasteiger partial charge in [-0.05, 0) is 66.5 Å². The Morgan fingerprint density at radius 1 is 1.11 bits per heavy atom. The highest BCUT2D eigenvalue weighted by molar-refractivity contribution is 5.64. The zero-order valence-electron chi connectivity index (χ0n) is 20.7. The normalized spacial score (nSPS) is 21.1. The van der Waals surface area contributed by atoms with Gasteiger partial charge < -0.3 is 0 Å². The molecule has 37 heavy (non-hydrogen) atoms. The summed E-state index contributed by atoms with van der Waals surface area (Å²) in [5.41, 5.74) is 2.11. The van der Waals surface area contributed by atoms with Gasteiger partial charge in [0.25, 0.3) is 0 Å². The smallest absolute Gasteiger partial charge is 0.155 e. The molecule has 8 heteroatoms. The number of fused-ring (bicyclic) bond motifs is 5. The number of nitrogens with zero attached hydrogens (tertiary/aromatic N) is 6. The van der Waals surface area contributed by atoms with E-state index in [1.807, 2.05) is 24.3 Å². The number of hydrogen-bond acceptors (Lipinski definition) is 5. The van der Waals surface area contributed by atoms with Crippen LogP contribution in [-0.2, 0) is 11.8 Å². The summed E-state index contributed by atoms with van der Waals surface area (Å²) in [4.78, 5) is 9.46. The molecule has 0 aliphatic heterocycles. The number of rotatable bonds is 6. The minimum absolute atomic E-state index is 0.142. The van der Waals surface area contributed by atoms with Crippen molar-refractivity contribution in [2.24, 2.45) is 5.41 Å². The standard InChI is InChI=1S/C29H26F2N6/c1-4-5-6-12-24-32-17-37(36-24)25-13-8-11-23(33-25)29-15-14-19(28(29,2)3)18-16-22(34-35-27(18)29)26-20(30)9-7-10-21(26)31/h1,7-11,13,16-17,19H,5-6,12,14-15H2,2-3H3/t19-,29-/m0/s1. The van der Waals surface area contributed by atoms with Crippen molar-refractivity contribution in [2.75, 3.05) is 0 Å². The van der Waals surface area contributed by atoms with Crippen molar-refractivity contribution in [1.82, 2.24) is 29.9 Å². The van der Waals surface area contributed by atoms with E-state index >= 15 is 0 Å². The van der Waals surface area contributed by atoms with Gasteiger partial charge in [0.15, 0.2) is 11.6 Å². The van der Waals surface area contributed by atoms with Crippen LogP contribution in [0.2, 0.25) is 0 Å². The zero-order valence-corrected chi connectivity index (χ0v) is 20.7. The van der Waals surface area contributed by atoms with Crippen LogP contribution in [0.1, 0.15) is 68.2 Å². The van der Waals surface area contributed by atoms with Crippen LogP contribution in [-0.4, -0.2) is 29.9 Å². The SMILES string of the molecule is C#CCCCc1ncn(-c2cccc([C@@]34CC[C@@H](c5cc(-c6c(F)cccc6F)nnc53)C4(C)C)n2)n1. The van der Waals surface area contributed by atoms with Crippen molar-refractivity contribution in [3.8, 4) is 29.4 Å². The molecule has 0 amide bonds. The predicted octanol–water partition coefficient (Wildman–Crippen LogP) is 5.56. The molecule has 3 aromatic heterocycles. The lowest BCUT2D eigenvalue weighted by molar-refractivity contribution is 0.242. The van der Waals surface area contributed by atoms with Gasteiger partial charge in [-0.3, -0.25) is 0 Å². The zero-order chi connectivity index (χ0) is 25.8. The third-order valence-electron chi connectivity index (χ3n) is 8.27. The number of benzene rings is 1. The molecule has 0 spiro atoms. The number of pyridine rings is 1. The fourth-order valence-corrected chi connectivity index (χ4v) is 6.42. The van der Waals surface area contributed by atoms with Crippen LogP contribution in [0.4, 0.5) is 8.78 Å². The molecule has 3 heterocycles. The Labute approximate surface area is 214 Å². The topological polar surface area (TPSA) is 69.4 Å². The first-order chi connectivity index (χ1) is 17.9. The van der Waals surface area contributed by atoms with Crippen LogP contribution >= 0.6 is 0 Å². The monoisotopic (exact) mass is 496 g/mol. The summed E-state index contributed by atoms with van der Waals surface area (Å²) in [6.07, 6.45) is 11.1. The van der Waals surface area contributed by atoms with E-state index in [-0.39, 0.29) is 22.6 Å². The summed E-state index contributed by atoms with van der Waals surface area (Å²) in [5.74, 6) is 2.92. The van der Waals surface area contributed by atoms with E-state index in [0.29, 0.717) is 18.7 Å². The second-order valence-corrected chi connectivity index (χ2v) is 10.4. The lowest BCUT2D eigenvalue weighted by Gasteiger charge is -2.37. The molecule has 2 aliphatic rings. The largest absolute Gasteiger partial charge is 0.233 e. The molecular formula is C29H26F2N6. The van der Waals surface area contributed by atoms with Crippen LogP contribution < -0.4 is 0 Å². The maximum absolute atomic E-state index is 14.5. The second-order valence-electron chi connectivity index (χ2n) is 10.4. The van der Waals surface area contributed by atoms with Gasteiger partial charge in [-0.1, -0.05) is 26.0 Å². The molecule has 0 unspecified atom stereocenters. The van der Waals surface area contributed by atoms with Gasteiger partial charge in [0.1, 0.15) is 18.0 Å². The van der Waals surface area contributed by atoms with Gasteiger partial charge in [-0.2, -0.15) is 5.10 Å². The average molecular weight is 497 g/mol. The molecule has 186 valence electrons. The number of terminal acetylenes is 1. The van der Waals surface area contributed by atoms with Gasteiger partial charge in [-0.15, -0.1) is 22.5 Å². The molecule has 1 fully saturated rings. The third-order valence-corrected chi connectivity index (χ3v) is 8.27. The Morgan fingerprint density at radius 3 is 2.68 bits per heavy atom. The number of aryl methyl sites for hydroxylation is 1. The number of halogens is 2. The summed E-state index contributed by atoms with van der Waals surface area (Å²) in [5, 5.41) is 13.5. The van der Waals surface area contributed by atoms with Crippen molar-refractivity contribution in [3.63, 3.8) is 0 Å². The summed E-state index contributed by atoms with van der Waals surface area (Å²) < 4.78 is 30.7. The van der Waals surface area contributed by atoms with Gasteiger partial charge in [-0.25, -0.2) is 23.4 Å². The minimum atomic E-state index is -0.646. The first kappa shape index (κ1) is 23.4. The Kier molecular flexibility index (Phi) is 5.41. The Balaban J connectivity index is 1.42. The van der Waals surface area contributed by atoms with Crippen molar-refractivity contribution in [1.29, 1.82) is 0 Å². The highest BCUT2D eigenvalue weighted by atomic mass is 19.1. The van der Waals surface area contributed by atoms with Gasteiger partial charge in [0.05, 0.1) is 28.1 Å². The fourth-order valence-electron chi connectivity index (χ4n) is 6.42. The molecular weight excluding hydrogens is 470 g/mol. The van der Waals surface area contributed by atoms with E-state index in [1.54, 1.807) is 11.0 Å². The van der Waals surface area contributed by atoms with Crippen molar-refractivity contribution < 1.29 is 8.78 Å². The molecule has 2 aliphatic carbocycles. The number of hydrogen-bond donors (Lipinski definition) is 0. The van der Waals surface area contributed by atoms with E-state index in [2.05, 4.69) is 40.0 Å². The van der Waals surface area contributed by atoms with E-state index in [4.69, 9.17) is 11.4 Å². The average Bonchev–Trinajstić information content (AvgIpc) is 3.52.